The molecule has 0 heterocycles. The molecule has 0 fully saturated rings. The third-order valence-electron chi connectivity index (χ3n) is 17.2. The average Bonchev–Trinajstić information content (AvgIpc) is 0.941. The summed E-state index contributed by atoms with van der Waals surface area (Å²) in [5, 5.41) is 0. The Kier molecular flexibility index (Phi) is 45.6. The molecule has 2 N–H and O–H groups in total. The van der Waals surface area contributed by atoms with Gasteiger partial charge in [-0.25, -0.2) is 0 Å². The first-order valence-corrected chi connectivity index (χ1v) is 38.0. The normalized spacial score (nSPS) is 11.9. The minimum absolute atomic E-state index is 0.524. The molecule has 0 spiro atoms. The third-order valence-corrected chi connectivity index (χ3v) is 17.2. The Labute approximate surface area is 567 Å². The molecule has 93 heavy (non-hydrogen) atoms. The summed E-state index contributed by atoms with van der Waals surface area (Å²) in [5.74, 6) is 4.55. The molecule has 0 bridgehead atoms. The van der Waals surface area contributed by atoms with Gasteiger partial charge in [0.1, 0.15) is 23.0 Å². The van der Waals surface area contributed by atoms with Gasteiger partial charge in [0.25, 0.3) is 0 Å². The number of ether oxygens (including phenoxy) is 7. The Balaban J connectivity index is 1.77. The SMILES string of the molecule is CCCCCCCCCCCCOc1cc(/C=C/c2cc(OCCCC)c(/C=C/c3cc(OCCCC)c(C=N[C@@H](C(N)=O)c4ccccc4)cc3OCCCC)cc2OCCCC)cc(OCCCCCCCCCCCC)c1OCCCCCCCCCCCC. The zero-order chi connectivity index (χ0) is 66.5. The van der Waals surface area contributed by atoms with Crippen LogP contribution in [0.25, 0.3) is 24.3 Å². The van der Waals surface area contributed by atoms with E-state index in [0.717, 1.165) is 146 Å². The fraction of sp³-hybridized carbons (Fsp3) is 0.639. The number of nitrogens with zero attached hydrogens (tertiary/aromatic N) is 1. The number of hydrogen-bond donors (Lipinski definition) is 1. The Bertz CT molecular complexity index is 2560. The predicted octanol–water partition coefficient (Wildman–Crippen LogP) is 24.3. The van der Waals surface area contributed by atoms with Crippen LogP contribution in [0.5, 0.6) is 40.2 Å². The molecular formula is C83H130N2O8. The molecule has 1 amide bonds. The maximum atomic E-state index is 12.8. The summed E-state index contributed by atoms with van der Waals surface area (Å²) in [6.45, 7) is 19.6. The summed E-state index contributed by atoms with van der Waals surface area (Å²) in [5.41, 5.74) is 11.0. The van der Waals surface area contributed by atoms with Crippen molar-refractivity contribution in [3.63, 3.8) is 0 Å². The molecule has 0 radical (unpaired) electrons. The van der Waals surface area contributed by atoms with Crippen molar-refractivity contribution in [2.45, 2.75) is 298 Å². The molecule has 4 aromatic rings. The molecule has 10 heteroatoms. The lowest BCUT2D eigenvalue weighted by Gasteiger charge is -2.19. The van der Waals surface area contributed by atoms with E-state index in [1.807, 2.05) is 42.5 Å². The number of carbonyl (C=O) groups excluding carboxylic acids is 1. The number of carbonyl (C=O) groups is 1. The van der Waals surface area contributed by atoms with Crippen molar-refractivity contribution < 1.29 is 38.0 Å². The fourth-order valence-electron chi connectivity index (χ4n) is 11.3. The lowest BCUT2D eigenvalue weighted by atomic mass is 10.0. The van der Waals surface area contributed by atoms with Gasteiger partial charge in [0.2, 0.25) is 11.7 Å². The molecule has 0 saturated heterocycles. The summed E-state index contributed by atoms with van der Waals surface area (Å²) in [6, 6.07) is 21.1. The van der Waals surface area contributed by atoms with Crippen molar-refractivity contribution >= 4 is 36.4 Å². The lowest BCUT2D eigenvalue weighted by molar-refractivity contribution is -0.119. The Hall–Kier alpha value is -5.90. The molecule has 4 rings (SSSR count). The van der Waals surface area contributed by atoms with Gasteiger partial charge in [-0.1, -0.05) is 302 Å². The summed E-state index contributed by atoms with van der Waals surface area (Å²) in [4.78, 5) is 17.5. The number of unbranched alkanes of at least 4 members (excludes halogenated alkanes) is 31. The highest BCUT2D eigenvalue weighted by Gasteiger charge is 2.20. The zero-order valence-electron chi connectivity index (χ0n) is 59.9. The number of hydrogen-bond acceptors (Lipinski definition) is 9. The van der Waals surface area contributed by atoms with E-state index < -0.39 is 11.9 Å². The van der Waals surface area contributed by atoms with Crippen molar-refractivity contribution in [2.24, 2.45) is 10.7 Å². The highest BCUT2D eigenvalue weighted by atomic mass is 16.5. The van der Waals surface area contributed by atoms with Crippen molar-refractivity contribution in [2.75, 3.05) is 46.2 Å². The van der Waals surface area contributed by atoms with Gasteiger partial charge in [-0.3, -0.25) is 9.79 Å². The molecule has 1 atom stereocenters. The summed E-state index contributed by atoms with van der Waals surface area (Å²) in [7, 11) is 0. The molecule has 0 aromatic heterocycles. The van der Waals surface area contributed by atoms with Crippen LogP contribution >= 0.6 is 0 Å². The van der Waals surface area contributed by atoms with E-state index >= 15 is 0 Å². The van der Waals surface area contributed by atoms with Crippen molar-refractivity contribution in [1.29, 1.82) is 0 Å². The van der Waals surface area contributed by atoms with Crippen LogP contribution < -0.4 is 38.9 Å². The molecule has 0 aliphatic heterocycles. The van der Waals surface area contributed by atoms with E-state index in [4.69, 9.17) is 43.9 Å². The second-order valence-electron chi connectivity index (χ2n) is 25.8. The summed E-state index contributed by atoms with van der Waals surface area (Å²) in [6.07, 6.45) is 55.9. The van der Waals surface area contributed by atoms with E-state index in [-0.39, 0.29) is 0 Å². The second kappa shape index (κ2) is 53.4. The number of benzene rings is 4. The second-order valence-corrected chi connectivity index (χ2v) is 25.8. The summed E-state index contributed by atoms with van der Waals surface area (Å²) < 4.78 is 47.0. The highest BCUT2D eigenvalue weighted by Crippen LogP contribution is 2.41. The number of rotatable bonds is 60. The summed E-state index contributed by atoms with van der Waals surface area (Å²) >= 11 is 0. The molecule has 10 nitrogen and oxygen atoms in total. The Morgan fingerprint density at radius 1 is 0.333 bits per heavy atom. The molecule has 0 aliphatic rings. The van der Waals surface area contributed by atoms with Crippen LogP contribution in [-0.2, 0) is 4.79 Å². The van der Waals surface area contributed by atoms with Gasteiger partial charge in [0, 0.05) is 28.5 Å². The first kappa shape index (κ1) is 79.5. The minimum atomic E-state index is -0.855. The highest BCUT2D eigenvalue weighted by molar-refractivity contribution is 5.90. The van der Waals surface area contributed by atoms with Crippen LogP contribution in [0.4, 0.5) is 0 Å². The van der Waals surface area contributed by atoms with Crippen molar-refractivity contribution in [1.82, 2.24) is 0 Å². The largest absolute Gasteiger partial charge is 0.493 e. The van der Waals surface area contributed by atoms with E-state index in [1.54, 1.807) is 6.21 Å². The minimum Gasteiger partial charge on any atom is -0.493 e. The topological polar surface area (TPSA) is 120 Å². The monoisotopic (exact) mass is 1280 g/mol. The van der Waals surface area contributed by atoms with Gasteiger partial charge in [0.05, 0.1) is 46.2 Å². The molecule has 0 unspecified atom stereocenters. The van der Waals surface area contributed by atoms with Crippen LogP contribution in [0.2, 0.25) is 0 Å². The molecule has 0 aliphatic carbocycles. The zero-order valence-corrected chi connectivity index (χ0v) is 59.9. The van der Waals surface area contributed by atoms with Crippen LogP contribution in [0.3, 0.4) is 0 Å². The van der Waals surface area contributed by atoms with Crippen molar-refractivity contribution in [3.05, 3.63) is 100 Å². The van der Waals surface area contributed by atoms with Crippen LogP contribution in [0.1, 0.15) is 332 Å². The number of nitrogens with two attached hydrogens (primary N) is 1. The molecule has 520 valence electrons. The van der Waals surface area contributed by atoms with Gasteiger partial charge >= 0.3 is 0 Å². The molecular weight excluding hydrogens is 1150 g/mol. The number of primary amides is 1. The van der Waals surface area contributed by atoms with Crippen molar-refractivity contribution in [3.8, 4) is 40.2 Å². The standard InChI is InChI=1S/C83H130N2O8/c1-8-15-22-25-28-31-34-37-40-46-59-91-79-62-69(63-80(92-60-47-41-38-35-32-29-26-23-16-9-2)82(79)93-61-48-42-39-36-33-30-27-24-17-10-3)51-52-71-64-76(88-56-19-12-5)72(65-75(71)87-55-18-11-4)53-54-73-66-78(90-58-21-14-7)74(67-77(73)89-57-20-13-6)68-85-81(83(84)86)70-49-44-43-45-50-70/h43-45,49-54,62-68,81H,8-42,46-48,55-61H2,1-7H3,(H2,84,86)/b52-51+,54-53+,85-68?/t81-/m1/s1. The molecule has 0 saturated carbocycles. The average molecular weight is 1280 g/mol. The third kappa shape index (κ3) is 34.9. The number of aliphatic imine (C=N–C) groups is 1. The maximum Gasteiger partial charge on any atom is 0.246 e. The first-order chi connectivity index (χ1) is 45.8. The van der Waals surface area contributed by atoms with E-state index in [0.29, 0.717) is 63.3 Å². The van der Waals surface area contributed by atoms with E-state index in [1.165, 1.54) is 154 Å². The van der Waals surface area contributed by atoms with Gasteiger partial charge < -0.3 is 38.9 Å². The van der Waals surface area contributed by atoms with Gasteiger partial charge in [0.15, 0.2) is 17.5 Å². The lowest BCUT2D eigenvalue weighted by Crippen LogP contribution is -2.20. The van der Waals surface area contributed by atoms with Gasteiger partial charge in [-0.15, -0.1) is 0 Å². The Morgan fingerprint density at radius 3 is 0.957 bits per heavy atom. The van der Waals surface area contributed by atoms with Gasteiger partial charge in [-0.05, 0) is 92.5 Å². The van der Waals surface area contributed by atoms with E-state index in [9.17, 15) is 4.79 Å². The fourth-order valence-corrected chi connectivity index (χ4v) is 11.3. The predicted molar refractivity (Wildman–Crippen MR) is 397 cm³/mol. The van der Waals surface area contributed by atoms with Crippen LogP contribution in [-0.4, -0.2) is 58.4 Å². The van der Waals surface area contributed by atoms with E-state index in [2.05, 4.69) is 97.0 Å². The smallest absolute Gasteiger partial charge is 0.246 e. The Morgan fingerprint density at radius 2 is 0.613 bits per heavy atom. The number of amides is 1. The first-order valence-electron chi connectivity index (χ1n) is 38.0. The quantitative estimate of drug-likeness (QED) is 0.0264. The maximum absolute atomic E-state index is 12.8. The van der Waals surface area contributed by atoms with Gasteiger partial charge in [-0.2, -0.15) is 0 Å². The van der Waals surface area contributed by atoms with Crippen LogP contribution in [0.15, 0.2) is 71.7 Å². The van der Waals surface area contributed by atoms with Crippen LogP contribution in [0, 0.1) is 0 Å². The molecule has 4 aromatic carbocycles.